The van der Waals surface area contributed by atoms with Gasteiger partial charge in [0.15, 0.2) is 0 Å². The van der Waals surface area contributed by atoms with E-state index in [1.807, 2.05) is 6.20 Å². The van der Waals surface area contributed by atoms with Gasteiger partial charge in [-0.05, 0) is 78.8 Å². The minimum atomic E-state index is 1.04. The molecule has 0 aliphatic carbocycles. The zero-order valence-electron chi connectivity index (χ0n) is 19.5. The molecule has 0 spiro atoms. The summed E-state index contributed by atoms with van der Waals surface area (Å²) in [5.41, 5.74) is 6.02. The second kappa shape index (κ2) is 7.78. The number of benzene rings is 6. The summed E-state index contributed by atoms with van der Waals surface area (Å²) in [4.78, 5) is 4.69. The smallest absolute Gasteiger partial charge is 0.0451 e. The molecule has 0 atom stereocenters. The maximum absolute atomic E-state index is 4.69. The van der Waals surface area contributed by atoms with Crippen molar-refractivity contribution in [1.29, 1.82) is 0 Å². The van der Waals surface area contributed by atoms with E-state index in [4.69, 9.17) is 0 Å². The van der Waals surface area contributed by atoms with Crippen LogP contribution in [0.3, 0.4) is 0 Å². The van der Waals surface area contributed by atoms with E-state index >= 15 is 0 Å². The van der Waals surface area contributed by atoms with Gasteiger partial charge in [0, 0.05) is 17.5 Å². The average molecular weight is 446 g/mol. The van der Waals surface area contributed by atoms with Crippen molar-refractivity contribution in [3.63, 3.8) is 0 Å². The van der Waals surface area contributed by atoms with Crippen LogP contribution in [0.2, 0.25) is 0 Å². The molecule has 35 heavy (non-hydrogen) atoms. The first kappa shape index (κ1) is 19.9. The van der Waals surface area contributed by atoms with Gasteiger partial charge in [-0.2, -0.15) is 0 Å². The molecule has 0 unspecified atom stereocenters. The number of pyridine rings is 1. The molecule has 1 nitrogen and oxygen atoms in total. The van der Waals surface area contributed by atoms with Crippen LogP contribution in [0.4, 0.5) is 0 Å². The third-order valence-electron chi connectivity index (χ3n) is 7.25. The molecular formula is C34H23N. The Balaban J connectivity index is 1.78. The average Bonchev–Trinajstić information content (AvgIpc) is 2.92. The Kier molecular flexibility index (Phi) is 4.43. The van der Waals surface area contributed by atoms with Crippen LogP contribution in [0.15, 0.2) is 121 Å². The van der Waals surface area contributed by atoms with E-state index in [2.05, 4.69) is 127 Å². The predicted octanol–water partition coefficient (Wildman–Crippen LogP) is 9.34. The van der Waals surface area contributed by atoms with Gasteiger partial charge in [0.25, 0.3) is 0 Å². The third-order valence-corrected chi connectivity index (χ3v) is 7.25. The number of hydrogen-bond acceptors (Lipinski definition) is 1. The first-order valence-corrected chi connectivity index (χ1v) is 12.1. The zero-order valence-corrected chi connectivity index (χ0v) is 19.5. The maximum atomic E-state index is 4.69. The van der Waals surface area contributed by atoms with Crippen LogP contribution in [0.1, 0.15) is 5.69 Å². The van der Waals surface area contributed by atoms with Gasteiger partial charge in [-0.25, -0.2) is 0 Å². The highest BCUT2D eigenvalue weighted by Gasteiger charge is 2.20. The van der Waals surface area contributed by atoms with Crippen LogP contribution < -0.4 is 0 Å². The lowest BCUT2D eigenvalue weighted by Crippen LogP contribution is -1.95. The summed E-state index contributed by atoms with van der Waals surface area (Å²) in [6.45, 7) is 2.11. The summed E-state index contributed by atoms with van der Waals surface area (Å²) in [5, 5.41) is 10.2. The monoisotopic (exact) mass is 445 g/mol. The summed E-state index contributed by atoms with van der Waals surface area (Å²) in [6.07, 6.45) is 1.88. The van der Waals surface area contributed by atoms with E-state index in [0.29, 0.717) is 0 Å². The van der Waals surface area contributed by atoms with Crippen LogP contribution in [-0.2, 0) is 0 Å². The Labute approximate surface area is 204 Å². The van der Waals surface area contributed by atoms with Gasteiger partial charge in [-0.3, -0.25) is 4.98 Å². The summed E-state index contributed by atoms with van der Waals surface area (Å²) in [6, 6.07) is 41.8. The third kappa shape index (κ3) is 2.98. The molecule has 0 radical (unpaired) electrons. The molecule has 1 aromatic heterocycles. The van der Waals surface area contributed by atoms with Gasteiger partial charge >= 0.3 is 0 Å². The van der Waals surface area contributed by atoms with Gasteiger partial charge in [0.05, 0.1) is 0 Å². The minimum Gasteiger partial charge on any atom is -0.261 e. The van der Waals surface area contributed by atoms with Crippen molar-refractivity contribution >= 4 is 43.1 Å². The van der Waals surface area contributed by atoms with E-state index in [9.17, 15) is 0 Å². The maximum Gasteiger partial charge on any atom is 0.0451 e. The molecule has 164 valence electrons. The number of aromatic nitrogens is 1. The molecule has 0 amide bonds. The molecule has 7 rings (SSSR count). The number of rotatable bonds is 2. The van der Waals surface area contributed by atoms with Crippen molar-refractivity contribution < 1.29 is 0 Å². The second-order valence-corrected chi connectivity index (χ2v) is 9.17. The van der Waals surface area contributed by atoms with Crippen LogP contribution in [0, 0.1) is 6.92 Å². The fourth-order valence-corrected chi connectivity index (χ4v) is 5.71. The highest BCUT2D eigenvalue weighted by Crippen LogP contribution is 2.47. The Morgan fingerprint density at radius 3 is 1.54 bits per heavy atom. The normalized spacial score (nSPS) is 11.6. The molecular weight excluding hydrogens is 422 g/mol. The lowest BCUT2D eigenvalue weighted by atomic mass is 9.82. The molecule has 0 aliphatic rings. The summed E-state index contributed by atoms with van der Waals surface area (Å²) >= 11 is 0. The van der Waals surface area contributed by atoms with Crippen LogP contribution in [-0.4, -0.2) is 4.98 Å². The Morgan fingerprint density at radius 1 is 0.429 bits per heavy atom. The molecule has 1 heteroatoms. The summed E-state index contributed by atoms with van der Waals surface area (Å²) < 4.78 is 0. The molecule has 7 aromatic rings. The van der Waals surface area contributed by atoms with E-state index < -0.39 is 0 Å². The van der Waals surface area contributed by atoms with Crippen molar-refractivity contribution in [3.8, 4) is 22.3 Å². The van der Waals surface area contributed by atoms with Gasteiger partial charge in [0.2, 0.25) is 0 Å². The van der Waals surface area contributed by atoms with Crippen molar-refractivity contribution in [1.82, 2.24) is 4.98 Å². The number of aryl methyl sites for hydroxylation is 1. The Morgan fingerprint density at radius 2 is 0.914 bits per heavy atom. The van der Waals surface area contributed by atoms with Gasteiger partial charge < -0.3 is 0 Å². The van der Waals surface area contributed by atoms with Crippen molar-refractivity contribution in [2.75, 3.05) is 0 Å². The Bertz CT molecular complexity index is 1910. The fraction of sp³-hybridized carbons (Fsp3) is 0.0294. The number of fused-ring (bicyclic) bond motifs is 6. The zero-order chi connectivity index (χ0) is 23.4. The largest absolute Gasteiger partial charge is 0.261 e. The number of hydrogen-bond donors (Lipinski definition) is 0. The molecule has 0 saturated carbocycles. The second-order valence-electron chi connectivity index (χ2n) is 9.17. The fourth-order valence-electron chi connectivity index (χ4n) is 5.71. The molecule has 0 saturated heterocycles. The van der Waals surface area contributed by atoms with Gasteiger partial charge in [-0.15, -0.1) is 0 Å². The predicted molar refractivity (Wildman–Crippen MR) is 150 cm³/mol. The number of nitrogens with zero attached hydrogens (tertiary/aromatic N) is 1. The topological polar surface area (TPSA) is 12.9 Å². The van der Waals surface area contributed by atoms with Gasteiger partial charge in [-0.1, -0.05) is 103 Å². The van der Waals surface area contributed by atoms with E-state index in [1.165, 1.54) is 65.3 Å². The van der Waals surface area contributed by atoms with Gasteiger partial charge in [0.1, 0.15) is 0 Å². The summed E-state index contributed by atoms with van der Waals surface area (Å²) in [7, 11) is 0. The van der Waals surface area contributed by atoms with Crippen LogP contribution in [0.5, 0.6) is 0 Å². The van der Waals surface area contributed by atoms with E-state index in [0.717, 1.165) is 5.69 Å². The summed E-state index contributed by atoms with van der Waals surface area (Å²) in [5.74, 6) is 0. The molecule has 1 heterocycles. The quantitative estimate of drug-likeness (QED) is 0.242. The van der Waals surface area contributed by atoms with Crippen LogP contribution >= 0.6 is 0 Å². The first-order chi connectivity index (χ1) is 17.3. The van der Waals surface area contributed by atoms with E-state index in [1.54, 1.807) is 0 Å². The minimum absolute atomic E-state index is 1.04. The van der Waals surface area contributed by atoms with Crippen molar-refractivity contribution in [3.05, 3.63) is 127 Å². The molecule has 0 aliphatic heterocycles. The first-order valence-electron chi connectivity index (χ1n) is 12.1. The van der Waals surface area contributed by atoms with E-state index in [-0.39, 0.29) is 0 Å². The SMILES string of the molecule is Cc1ncccc1-c1c(-c2cc3ccccc3c3ccccc23)c2ccccc2c2ccccc12. The molecule has 6 aromatic carbocycles. The molecule has 0 N–H and O–H groups in total. The standard InChI is InChI=1S/C34H23N/c1-22-24(19-10-20-35-22)33-30-17-8-6-14-27(30)28-15-7-9-18-31(28)34(33)32-21-23-11-2-3-12-25(23)26-13-4-5-16-29(26)32/h2-21H,1H3. The molecule has 0 bridgehead atoms. The molecule has 0 fully saturated rings. The lowest BCUT2D eigenvalue weighted by molar-refractivity contribution is 1.21. The highest BCUT2D eigenvalue weighted by molar-refractivity contribution is 6.25. The van der Waals surface area contributed by atoms with Crippen molar-refractivity contribution in [2.24, 2.45) is 0 Å². The van der Waals surface area contributed by atoms with Crippen LogP contribution in [0.25, 0.3) is 65.3 Å². The van der Waals surface area contributed by atoms with Crippen molar-refractivity contribution in [2.45, 2.75) is 6.92 Å². The highest BCUT2D eigenvalue weighted by atomic mass is 14.7. The Hall–Kier alpha value is -4.49. The lowest BCUT2D eigenvalue weighted by Gasteiger charge is -2.21.